The van der Waals surface area contributed by atoms with Gasteiger partial charge in [0.2, 0.25) is 0 Å². The second kappa shape index (κ2) is 8.87. The van der Waals surface area contributed by atoms with Crippen LogP contribution in [-0.4, -0.2) is 41.2 Å². The van der Waals surface area contributed by atoms with Crippen LogP contribution in [0.1, 0.15) is 85.8 Å². The molecule has 0 saturated heterocycles. The number of nitrogens with one attached hydrogen (secondary N) is 1. The molecule has 0 saturated carbocycles. The summed E-state index contributed by atoms with van der Waals surface area (Å²) in [5, 5.41) is 19.6. The van der Waals surface area contributed by atoms with Gasteiger partial charge >= 0.3 is 0 Å². The first-order valence-corrected chi connectivity index (χ1v) is 11.3. The van der Waals surface area contributed by atoms with Crippen LogP contribution in [0.4, 0.5) is 0 Å². The summed E-state index contributed by atoms with van der Waals surface area (Å²) in [5.74, 6) is -0.278. The molecule has 2 aromatic carbocycles. The van der Waals surface area contributed by atoms with Crippen molar-refractivity contribution < 1.29 is 19.4 Å². The zero-order valence-electron chi connectivity index (χ0n) is 21.1. The van der Waals surface area contributed by atoms with Gasteiger partial charge in [0.1, 0.15) is 11.6 Å². The number of hydrogen-bond donors (Lipinski definition) is 3. The fourth-order valence-corrected chi connectivity index (χ4v) is 4.33. The number of aromatic hydroxyl groups is 1. The standard InChI is InChI=1S/C27H35N3O4/c1-26(2,3)19-11-17(12-20(22(19)32)27(4,5)6)21(31)14-30-13-16-9-8-15(10-18(16)24(30)28)23(34-7)25(29)33/h8-12,23,28,32H,13-14H2,1-7H3,(H2,29,33). The van der Waals surface area contributed by atoms with E-state index in [0.717, 1.165) is 16.7 Å². The maximum atomic E-state index is 13.4. The number of phenolic OH excluding ortho intramolecular Hbond substituents is 1. The van der Waals surface area contributed by atoms with Gasteiger partial charge in [0.15, 0.2) is 11.9 Å². The molecule has 3 rings (SSSR count). The number of methoxy groups -OCH3 is 1. The van der Waals surface area contributed by atoms with Crippen molar-refractivity contribution >= 4 is 17.5 Å². The summed E-state index contributed by atoms with van der Waals surface area (Å²) in [4.78, 5) is 26.8. The smallest absolute Gasteiger partial charge is 0.251 e. The maximum absolute atomic E-state index is 13.4. The molecule has 34 heavy (non-hydrogen) atoms. The Morgan fingerprint density at radius 3 is 2.12 bits per heavy atom. The van der Waals surface area contributed by atoms with Crippen LogP contribution < -0.4 is 5.73 Å². The van der Waals surface area contributed by atoms with E-state index in [-0.39, 0.29) is 34.7 Å². The molecule has 0 bridgehead atoms. The molecule has 1 unspecified atom stereocenters. The third-order valence-electron chi connectivity index (χ3n) is 6.25. The van der Waals surface area contributed by atoms with Gasteiger partial charge in [0.25, 0.3) is 5.91 Å². The predicted octanol–water partition coefficient (Wildman–Crippen LogP) is 4.18. The monoisotopic (exact) mass is 465 g/mol. The Hall–Kier alpha value is -3.19. The Balaban J connectivity index is 1.91. The van der Waals surface area contributed by atoms with Gasteiger partial charge in [-0.25, -0.2) is 0 Å². The Labute approximate surface area is 201 Å². The second-order valence-electron chi connectivity index (χ2n) is 11.0. The molecule has 0 spiro atoms. The van der Waals surface area contributed by atoms with Crippen molar-refractivity contribution in [2.24, 2.45) is 5.73 Å². The van der Waals surface area contributed by atoms with Crippen LogP contribution in [-0.2, 0) is 26.9 Å². The van der Waals surface area contributed by atoms with Crippen LogP contribution in [0.3, 0.4) is 0 Å². The van der Waals surface area contributed by atoms with Crippen LogP contribution in [0.15, 0.2) is 30.3 Å². The Morgan fingerprint density at radius 1 is 1.09 bits per heavy atom. The molecule has 1 heterocycles. The summed E-state index contributed by atoms with van der Waals surface area (Å²) >= 11 is 0. The molecule has 1 aliphatic rings. The van der Waals surface area contributed by atoms with Gasteiger partial charge in [-0.3, -0.25) is 15.0 Å². The van der Waals surface area contributed by atoms with E-state index in [1.54, 1.807) is 29.2 Å². The second-order valence-corrected chi connectivity index (χ2v) is 11.0. The minimum atomic E-state index is -0.891. The van der Waals surface area contributed by atoms with E-state index < -0.39 is 12.0 Å². The molecule has 7 heteroatoms. The summed E-state index contributed by atoms with van der Waals surface area (Å²) < 4.78 is 5.20. The van der Waals surface area contributed by atoms with Crippen LogP contribution in [0.5, 0.6) is 5.75 Å². The summed E-state index contributed by atoms with van der Waals surface area (Å²) in [6.45, 7) is 12.5. The van der Waals surface area contributed by atoms with Gasteiger partial charge in [-0.15, -0.1) is 0 Å². The lowest BCUT2D eigenvalue weighted by Crippen LogP contribution is -2.31. The summed E-state index contributed by atoms with van der Waals surface area (Å²) in [6.07, 6.45) is -0.891. The number of rotatable bonds is 6. The molecule has 0 aromatic heterocycles. The van der Waals surface area contributed by atoms with E-state index in [4.69, 9.17) is 15.9 Å². The highest BCUT2D eigenvalue weighted by Gasteiger charge is 2.31. The molecule has 7 nitrogen and oxygen atoms in total. The molecular weight excluding hydrogens is 430 g/mol. The molecule has 1 aliphatic heterocycles. The highest BCUT2D eigenvalue weighted by molar-refractivity contribution is 6.05. The van der Waals surface area contributed by atoms with Crippen LogP contribution in [0.2, 0.25) is 0 Å². The first-order chi connectivity index (χ1) is 15.6. The first-order valence-electron chi connectivity index (χ1n) is 11.3. The van der Waals surface area contributed by atoms with Crippen LogP contribution >= 0.6 is 0 Å². The van der Waals surface area contributed by atoms with Crippen molar-refractivity contribution in [2.45, 2.75) is 65.0 Å². The predicted molar refractivity (Wildman–Crippen MR) is 132 cm³/mol. The normalized spacial score (nSPS) is 14.8. The largest absolute Gasteiger partial charge is 0.507 e. The van der Waals surface area contributed by atoms with Crippen molar-refractivity contribution in [1.29, 1.82) is 5.41 Å². The number of primary amides is 1. The number of carbonyl (C=O) groups is 2. The number of nitrogens with two attached hydrogens (primary N) is 1. The quantitative estimate of drug-likeness (QED) is 0.553. The number of amidine groups is 1. The van der Waals surface area contributed by atoms with Gasteiger partial charge in [0, 0.05) is 35.9 Å². The summed E-state index contributed by atoms with van der Waals surface area (Å²) in [5.41, 5.74) is 8.85. The average Bonchev–Trinajstić information content (AvgIpc) is 3.01. The van der Waals surface area contributed by atoms with Gasteiger partial charge in [-0.2, -0.15) is 0 Å². The first kappa shape index (κ1) is 25.4. The van der Waals surface area contributed by atoms with Crippen molar-refractivity contribution in [3.8, 4) is 5.75 Å². The van der Waals surface area contributed by atoms with Gasteiger partial charge in [-0.05, 0) is 40.2 Å². The number of phenols is 1. The summed E-state index contributed by atoms with van der Waals surface area (Å²) in [7, 11) is 1.41. The van der Waals surface area contributed by atoms with E-state index >= 15 is 0 Å². The van der Waals surface area contributed by atoms with Crippen LogP contribution in [0, 0.1) is 5.41 Å². The molecule has 182 valence electrons. The number of amides is 1. The molecule has 1 amide bonds. The number of carbonyl (C=O) groups excluding carboxylic acids is 2. The number of benzene rings is 2. The van der Waals surface area contributed by atoms with Gasteiger partial charge < -0.3 is 20.5 Å². The van der Waals surface area contributed by atoms with E-state index in [2.05, 4.69) is 0 Å². The van der Waals surface area contributed by atoms with Crippen molar-refractivity contribution in [3.63, 3.8) is 0 Å². The highest BCUT2D eigenvalue weighted by atomic mass is 16.5. The van der Waals surface area contributed by atoms with Gasteiger partial charge in [-0.1, -0.05) is 53.7 Å². The fourth-order valence-electron chi connectivity index (χ4n) is 4.33. The van der Waals surface area contributed by atoms with E-state index in [9.17, 15) is 14.7 Å². The Kier molecular flexibility index (Phi) is 6.64. The lowest BCUT2D eigenvalue weighted by atomic mass is 9.78. The van der Waals surface area contributed by atoms with Crippen LogP contribution in [0.25, 0.3) is 0 Å². The topological polar surface area (TPSA) is 117 Å². The summed E-state index contributed by atoms with van der Waals surface area (Å²) in [6, 6.07) is 8.88. The van der Waals surface area contributed by atoms with E-state index in [1.807, 2.05) is 47.6 Å². The Morgan fingerprint density at radius 2 is 1.65 bits per heavy atom. The molecule has 0 aliphatic carbocycles. The number of ketones is 1. The molecular formula is C27H35N3O4. The fraction of sp³-hybridized carbons (Fsp3) is 0.444. The van der Waals surface area contributed by atoms with Crippen molar-refractivity contribution in [1.82, 2.24) is 4.90 Å². The number of Topliss-reactive ketones (excluding diaryl/α,β-unsaturated/α-hetero) is 1. The van der Waals surface area contributed by atoms with E-state index in [1.165, 1.54) is 7.11 Å². The molecule has 4 N–H and O–H groups in total. The lowest BCUT2D eigenvalue weighted by Gasteiger charge is -2.28. The molecule has 0 fully saturated rings. The van der Waals surface area contributed by atoms with Gasteiger partial charge in [0.05, 0.1) is 6.54 Å². The molecule has 0 radical (unpaired) electrons. The SMILES string of the molecule is COC(C(N)=O)c1ccc2c(c1)C(=N)N(CC(=O)c1cc(C(C)(C)C)c(O)c(C(C)(C)C)c1)C2. The number of nitrogens with zero attached hydrogens (tertiary/aromatic N) is 1. The van der Waals surface area contributed by atoms with Crippen molar-refractivity contribution in [2.75, 3.05) is 13.7 Å². The zero-order valence-corrected chi connectivity index (χ0v) is 21.1. The average molecular weight is 466 g/mol. The minimum Gasteiger partial charge on any atom is -0.507 e. The highest BCUT2D eigenvalue weighted by Crippen LogP contribution is 2.40. The maximum Gasteiger partial charge on any atom is 0.251 e. The zero-order chi connectivity index (χ0) is 25.6. The minimum absolute atomic E-state index is 0.0321. The number of hydrogen-bond acceptors (Lipinski definition) is 5. The Bertz CT molecular complexity index is 1120. The van der Waals surface area contributed by atoms with Crippen molar-refractivity contribution in [3.05, 3.63) is 63.7 Å². The lowest BCUT2D eigenvalue weighted by molar-refractivity contribution is -0.128. The third-order valence-corrected chi connectivity index (χ3v) is 6.25. The molecule has 1 atom stereocenters. The number of ether oxygens (including phenoxy) is 1. The number of fused-ring (bicyclic) bond motifs is 1. The molecule has 2 aromatic rings. The van der Waals surface area contributed by atoms with E-state index in [0.29, 0.717) is 23.2 Å². The third kappa shape index (κ3) is 4.85.